The van der Waals surface area contributed by atoms with Crippen molar-refractivity contribution in [3.05, 3.63) is 60.2 Å². The van der Waals surface area contributed by atoms with Gasteiger partial charge in [-0.2, -0.15) is 0 Å². The molecular formula is C25H35N3O5S. The molecule has 0 aliphatic heterocycles. The Morgan fingerprint density at radius 3 is 2.21 bits per heavy atom. The smallest absolute Gasteiger partial charge is 0.244 e. The highest BCUT2D eigenvalue weighted by atomic mass is 32.2. The van der Waals surface area contributed by atoms with Crippen LogP contribution in [-0.2, 0) is 26.0 Å². The number of hydrogen-bond acceptors (Lipinski definition) is 5. The average Bonchev–Trinajstić information content (AvgIpc) is 2.83. The summed E-state index contributed by atoms with van der Waals surface area (Å²) in [5.74, 6) is -0.0940. The Bertz CT molecular complexity index is 1030. The number of carbonyl (C=O) groups excluding carboxylic acids is 2. The predicted molar refractivity (Wildman–Crippen MR) is 134 cm³/mol. The monoisotopic (exact) mass is 489 g/mol. The number of nitrogens with one attached hydrogen (secondary N) is 1. The summed E-state index contributed by atoms with van der Waals surface area (Å²) in [5, 5.41) is 2.87. The molecular weight excluding hydrogens is 454 g/mol. The first-order chi connectivity index (χ1) is 16.2. The van der Waals surface area contributed by atoms with E-state index in [1.165, 1.54) is 12.0 Å². The lowest BCUT2D eigenvalue weighted by Crippen LogP contribution is -2.53. The zero-order chi connectivity index (χ0) is 25.1. The molecule has 9 heteroatoms. The number of ether oxygens (including phenoxy) is 1. The Hall–Kier alpha value is -3.07. The number of nitrogens with zero attached hydrogens (tertiary/aromatic N) is 2. The second-order valence-corrected chi connectivity index (χ2v) is 9.91. The van der Waals surface area contributed by atoms with E-state index in [9.17, 15) is 18.0 Å². The van der Waals surface area contributed by atoms with E-state index in [-0.39, 0.29) is 5.91 Å². The van der Waals surface area contributed by atoms with E-state index >= 15 is 0 Å². The normalized spacial score (nSPS) is 12.0. The van der Waals surface area contributed by atoms with Gasteiger partial charge in [0.15, 0.2) is 0 Å². The van der Waals surface area contributed by atoms with E-state index in [0.717, 1.165) is 22.5 Å². The zero-order valence-electron chi connectivity index (χ0n) is 20.4. The third kappa shape index (κ3) is 7.76. The SMILES string of the molecule is CCCNC(=O)C(CC)N(CCc1ccccc1)C(=O)CN(c1ccc(OC)cc1)S(C)(=O)=O. The van der Waals surface area contributed by atoms with Gasteiger partial charge in [0, 0.05) is 13.1 Å². The van der Waals surface area contributed by atoms with Crippen molar-refractivity contribution in [2.45, 2.75) is 39.2 Å². The molecule has 1 unspecified atom stereocenters. The first-order valence-electron chi connectivity index (χ1n) is 11.4. The fourth-order valence-corrected chi connectivity index (χ4v) is 4.47. The van der Waals surface area contributed by atoms with Gasteiger partial charge in [-0.1, -0.05) is 44.2 Å². The van der Waals surface area contributed by atoms with E-state index in [0.29, 0.717) is 37.4 Å². The fourth-order valence-electron chi connectivity index (χ4n) is 3.62. The van der Waals surface area contributed by atoms with Gasteiger partial charge in [0.05, 0.1) is 19.1 Å². The highest BCUT2D eigenvalue weighted by Gasteiger charge is 2.31. The number of benzene rings is 2. The van der Waals surface area contributed by atoms with Crippen LogP contribution in [0.15, 0.2) is 54.6 Å². The van der Waals surface area contributed by atoms with Crippen molar-refractivity contribution < 1.29 is 22.7 Å². The molecule has 2 rings (SSSR count). The number of rotatable bonds is 13. The largest absolute Gasteiger partial charge is 0.497 e. The summed E-state index contributed by atoms with van der Waals surface area (Å²) < 4.78 is 31.4. The second-order valence-electron chi connectivity index (χ2n) is 8.01. The lowest BCUT2D eigenvalue weighted by molar-refractivity contribution is -0.139. The minimum absolute atomic E-state index is 0.235. The highest BCUT2D eigenvalue weighted by molar-refractivity contribution is 7.92. The van der Waals surface area contributed by atoms with Crippen molar-refractivity contribution in [1.29, 1.82) is 0 Å². The van der Waals surface area contributed by atoms with E-state index in [1.807, 2.05) is 44.2 Å². The van der Waals surface area contributed by atoms with Gasteiger partial charge < -0.3 is 15.0 Å². The van der Waals surface area contributed by atoms with Gasteiger partial charge in [-0.3, -0.25) is 13.9 Å². The van der Waals surface area contributed by atoms with Crippen LogP contribution in [0.2, 0.25) is 0 Å². The summed E-state index contributed by atoms with van der Waals surface area (Å²) in [6, 6.07) is 15.4. The molecule has 1 atom stereocenters. The zero-order valence-corrected chi connectivity index (χ0v) is 21.2. The van der Waals surface area contributed by atoms with E-state index in [1.54, 1.807) is 24.3 Å². The van der Waals surface area contributed by atoms with Crippen LogP contribution < -0.4 is 14.4 Å². The van der Waals surface area contributed by atoms with Gasteiger partial charge in [0.2, 0.25) is 21.8 Å². The molecule has 2 aromatic carbocycles. The lowest BCUT2D eigenvalue weighted by Gasteiger charge is -2.32. The van der Waals surface area contributed by atoms with Crippen molar-refractivity contribution in [3.63, 3.8) is 0 Å². The minimum atomic E-state index is -3.76. The predicted octanol–water partition coefficient (Wildman–Crippen LogP) is 2.84. The molecule has 2 aromatic rings. The van der Waals surface area contributed by atoms with Gasteiger partial charge in [0.1, 0.15) is 18.3 Å². The maximum atomic E-state index is 13.5. The van der Waals surface area contributed by atoms with Crippen molar-refractivity contribution >= 4 is 27.5 Å². The molecule has 0 fully saturated rings. The molecule has 34 heavy (non-hydrogen) atoms. The summed E-state index contributed by atoms with van der Waals surface area (Å²) in [6.07, 6.45) is 2.80. The van der Waals surface area contributed by atoms with E-state index < -0.39 is 28.5 Å². The maximum absolute atomic E-state index is 13.5. The molecule has 0 spiro atoms. The number of carbonyl (C=O) groups is 2. The average molecular weight is 490 g/mol. The van der Waals surface area contributed by atoms with Gasteiger partial charge in [-0.15, -0.1) is 0 Å². The van der Waals surface area contributed by atoms with Crippen LogP contribution in [-0.4, -0.2) is 64.2 Å². The molecule has 0 aliphatic carbocycles. The molecule has 8 nitrogen and oxygen atoms in total. The van der Waals surface area contributed by atoms with Crippen LogP contribution in [0.5, 0.6) is 5.75 Å². The van der Waals surface area contributed by atoms with Crippen molar-refractivity contribution in [1.82, 2.24) is 10.2 Å². The molecule has 0 aromatic heterocycles. The minimum Gasteiger partial charge on any atom is -0.497 e. The van der Waals surface area contributed by atoms with Gasteiger partial charge in [-0.05, 0) is 49.1 Å². The number of hydrogen-bond donors (Lipinski definition) is 1. The first kappa shape index (κ1) is 27.2. The molecule has 0 saturated carbocycles. The van der Waals surface area contributed by atoms with Gasteiger partial charge in [0.25, 0.3) is 0 Å². The maximum Gasteiger partial charge on any atom is 0.244 e. The molecule has 1 N–H and O–H groups in total. The highest BCUT2D eigenvalue weighted by Crippen LogP contribution is 2.22. The fraction of sp³-hybridized carbons (Fsp3) is 0.440. The van der Waals surface area contributed by atoms with Crippen LogP contribution in [0.3, 0.4) is 0 Å². The molecule has 0 aliphatic rings. The van der Waals surface area contributed by atoms with Gasteiger partial charge >= 0.3 is 0 Å². The third-order valence-electron chi connectivity index (χ3n) is 5.46. The van der Waals surface area contributed by atoms with Crippen LogP contribution in [0.4, 0.5) is 5.69 Å². The Kier molecular flexibility index (Phi) is 10.4. The molecule has 0 heterocycles. The summed E-state index contributed by atoms with van der Waals surface area (Å²) in [5.41, 5.74) is 1.38. The number of methoxy groups -OCH3 is 1. The Morgan fingerprint density at radius 1 is 1.03 bits per heavy atom. The molecule has 0 radical (unpaired) electrons. The molecule has 0 bridgehead atoms. The summed E-state index contributed by atoms with van der Waals surface area (Å²) in [4.78, 5) is 27.9. The van der Waals surface area contributed by atoms with Gasteiger partial charge in [-0.25, -0.2) is 8.42 Å². The Balaban J connectivity index is 2.33. The van der Waals surface area contributed by atoms with Crippen molar-refractivity contribution in [2.75, 3.05) is 37.3 Å². The van der Waals surface area contributed by atoms with Crippen LogP contribution in [0, 0.1) is 0 Å². The van der Waals surface area contributed by atoms with Crippen LogP contribution >= 0.6 is 0 Å². The topological polar surface area (TPSA) is 96.0 Å². The number of sulfonamides is 1. The Labute approximate surface area is 202 Å². The van der Waals surface area contributed by atoms with Crippen molar-refractivity contribution in [2.24, 2.45) is 0 Å². The Morgan fingerprint density at radius 2 is 1.68 bits per heavy atom. The number of anilines is 1. The first-order valence-corrected chi connectivity index (χ1v) is 13.3. The summed E-state index contributed by atoms with van der Waals surface area (Å²) in [7, 11) is -2.24. The molecule has 186 valence electrons. The second kappa shape index (κ2) is 13.0. The lowest BCUT2D eigenvalue weighted by atomic mass is 10.1. The molecule has 0 saturated heterocycles. The summed E-state index contributed by atoms with van der Waals surface area (Å²) >= 11 is 0. The van der Waals surface area contributed by atoms with Crippen LogP contribution in [0.25, 0.3) is 0 Å². The van der Waals surface area contributed by atoms with Crippen molar-refractivity contribution in [3.8, 4) is 5.75 Å². The number of amides is 2. The quantitative estimate of drug-likeness (QED) is 0.467. The summed E-state index contributed by atoms with van der Waals surface area (Å²) in [6.45, 7) is 4.20. The molecule has 2 amide bonds. The van der Waals surface area contributed by atoms with E-state index in [4.69, 9.17) is 4.74 Å². The third-order valence-corrected chi connectivity index (χ3v) is 6.60. The van der Waals surface area contributed by atoms with E-state index in [2.05, 4.69) is 5.32 Å². The standard InChI is InChI=1S/C25H35N3O5S/c1-5-17-26-25(30)23(6-2)27(18-16-20-10-8-7-9-11-20)24(29)19-28(34(4,31)32)21-12-14-22(33-3)15-13-21/h7-15,23H,5-6,16-19H2,1-4H3,(H,26,30). The van der Waals surface area contributed by atoms with Crippen LogP contribution in [0.1, 0.15) is 32.3 Å².